The summed E-state index contributed by atoms with van der Waals surface area (Å²) >= 11 is 6.74. The Balaban J connectivity index is 1.73. The van der Waals surface area contributed by atoms with Crippen molar-refractivity contribution in [2.45, 2.75) is 19.8 Å². The summed E-state index contributed by atoms with van der Waals surface area (Å²) in [5, 5.41) is 4.84. The third kappa shape index (κ3) is 4.15. The molecule has 0 atom stereocenters. The van der Waals surface area contributed by atoms with Gasteiger partial charge in [0.15, 0.2) is 0 Å². The van der Waals surface area contributed by atoms with Gasteiger partial charge < -0.3 is 4.42 Å². The van der Waals surface area contributed by atoms with E-state index in [1.807, 2.05) is 19.1 Å². The Hall–Kier alpha value is -2.58. The molecular formula is C22H16Br2FN3O2. The molecule has 0 N–H and O–H groups in total. The van der Waals surface area contributed by atoms with Crippen LogP contribution in [-0.4, -0.2) is 15.9 Å². The van der Waals surface area contributed by atoms with Gasteiger partial charge in [-0.1, -0.05) is 22.9 Å². The van der Waals surface area contributed by atoms with Gasteiger partial charge in [0, 0.05) is 20.9 Å². The van der Waals surface area contributed by atoms with Gasteiger partial charge in [-0.05, 0) is 70.9 Å². The average Bonchev–Trinajstić information content (AvgIpc) is 3.17. The van der Waals surface area contributed by atoms with E-state index in [9.17, 15) is 9.18 Å². The van der Waals surface area contributed by atoms with Crippen LogP contribution in [0, 0.1) is 5.82 Å². The SMILES string of the molecule is CCCc1nc2ccc(Br)cc2c(=O)n1N=Cc1ccc(-c2ccc(F)cc2Br)o1. The third-order valence-electron chi connectivity index (χ3n) is 4.47. The van der Waals surface area contributed by atoms with E-state index < -0.39 is 0 Å². The van der Waals surface area contributed by atoms with Crippen LogP contribution in [0.4, 0.5) is 4.39 Å². The first-order valence-electron chi connectivity index (χ1n) is 9.27. The lowest BCUT2D eigenvalue weighted by molar-refractivity contribution is 0.572. The highest BCUT2D eigenvalue weighted by Crippen LogP contribution is 2.30. The molecule has 0 saturated carbocycles. The zero-order chi connectivity index (χ0) is 21.3. The summed E-state index contributed by atoms with van der Waals surface area (Å²) in [4.78, 5) is 17.6. The van der Waals surface area contributed by atoms with Crippen LogP contribution in [0.5, 0.6) is 0 Å². The summed E-state index contributed by atoms with van der Waals surface area (Å²) in [7, 11) is 0. The number of hydrogen-bond donors (Lipinski definition) is 0. The molecule has 0 fully saturated rings. The predicted octanol–water partition coefficient (Wildman–Crippen LogP) is 6.16. The summed E-state index contributed by atoms with van der Waals surface area (Å²) in [6, 6.07) is 13.3. The van der Waals surface area contributed by atoms with Crippen LogP contribution in [-0.2, 0) is 6.42 Å². The Bertz CT molecular complexity index is 1330. The minimum atomic E-state index is -0.336. The first-order valence-corrected chi connectivity index (χ1v) is 10.9. The Kier molecular flexibility index (Phi) is 5.97. The summed E-state index contributed by atoms with van der Waals surface area (Å²) in [6.07, 6.45) is 2.92. The standard InChI is InChI=1S/C22H16Br2FN3O2/c1-2-3-21-27-19-8-4-13(23)10-17(19)22(29)28(21)26-12-15-6-9-20(30-15)16-7-5-14(25)11-18(16)24/h4-12H,2-3H2,1H3. The number of benzene rings is 2. The average molecular weight is 533 g/mol. The zero-order valence-corrected chi connectivity index (χ0v) is 19.1. The first kappa shape index (κ1) is 20.7. The van der Waals surface area contributed by atoms with Gasteiger partial charge in [-0.2, -0.15) is 9.78 Å². The number of rotatable bonds is 5. The molecule has 0 bridgehead atoms. The van der Waals surface area contributed by atoms with Crippen molar-refractivity contribution in [2.24, 2.45) is 5.10 Å². The van der Waals surface area contributed by atoms with Crippen LogP contribution < -0.4 is 5.56 Å². The van der Waals surface area contributed by atoms with E-state index in [1.165, 1.54) is 23.0 Å². The van der Waals surface area contributed by atoms with Crippen molar-refractivity contribution in [3.8, 4) is 11.3 Å². The first-order chi connectivity index (χ1) is 14.5. The lowest BCUT2D eigenvalue weighted by Crippen LogP contribution is -2.22. The van der Waals surface area contributed by atoms with Gasteiger partial charge in [-0.15, -0.1) is 0 Å². The van der Waals surface area contributed by atoms with Crippen LogP contribution in [0.2, 0.25) is 0 Å². The highest BCUT2D eigenvalue weighted by Gasteiger charge is 2.12. The minimum absolute atomic E-state index is 0.242. The Morgan fingerprint density at radius 1 is 1.17 bits per heavy atom. The van der Waals surface area contributed by atoms with Crippen molar-refractivity contribution in [3.63, 3.8) is 0 Å². The number of hydrogen-bond acceptors (Lipinski definition) is 4. The van der Waals surface area contributed by atoms with Gasteiger partial charge in [0.1, 0.15) is 23.2 Å². The second-order valence-electron chi connectivity index (χ2n) is 6.63. The van der Waals surface area contributed by atoms with Crippen LogP contribution in [0.1, 0.15) is 24.9 Å². The monoisotopic (exact) mass is 531 g/mol. The predicted molar refractivity (Wildman–Crippen MR) is 122 cm³/mol. The second kappa shape index (κ2) is 8.65. The van der Waals surface area contributed by atoms with E-state index in [1.54, 1.807) is 24.3 Å². The molecule has 2 heterocycles. The lowest BCUT2D eigenvalue weighted by atomic mass is 10.2. The Morgan fingerprint density at radius 3 is 2.77 bits per heavy atom. The highest BCUT2D eigenvalue weighted by molar-refractivity contribution is 9.10. The van der Waals surface area contributed by atoms with Crippen LogP contribution in [0.25, 0.3) is 22.2 Å². The van der Waals surface area contributed by atoms with E-state index in [0.717, 1.165) is 16.5 Å². The molecule has 0 saturated heterocycles. The van der Waals surface area contributed by atoms with E-state index in [-0.39, 0.29) is 11.4 Å². The largest absolute Gasteiger partial charge is 0.455 e. The number of fused-ring (bicyclic) bond motifs is 1. The maximum atomic E-state index is 13.3. The highest BCUT2D eigenvalue weighted by atomic mass is 79.9. The maximum absolute atomic E-state index is 13.3. The molecule has 152 valence electrons. The molecule has 2 aromatic carbocycles. The van der Waals surface area contributed by atoms with Gasteiger partial charge in [0.05, 0.1) is 17.1 Å². The van der Waals surface area contributed by atoms with E-state index >= 15 is 0 Å². The molecule has 0 amide bonds. The number of aryl methyl sites for hydroxylation is 1. The molecule has 0 radical (unpaired) electrons. The molecule has 5 nitrogen and oxygen atoms in total. The molecule has 8 heteroatoms. The van der Waals surface area contributed by atoms with Gasteiger partial charge in [0.2, 0.25) is 0 Å². The molecule has 0 aliphatic heterocycles. The van der Waals surface area contributed by atoms with E-state index in [4.69, 9.17) is 4.42 Å². The molecule has 30 heavy (non-hydrogen) atoms. The fraction of sp³-hybridized carbons (Fsp3) is 0.136. The van der Waals surface area contributed by atoms with Crippen LogP contribution in [0.15, 0.2) is 71.8 Å². The third-order valence-corrected chi connectivity index (χ3v) is 5.62. The molecule has 2 aromatic heterocycles. The zero-order valence-electron chi connectivity index (χ0n) is 15.9. The summed E-state index contributed by atoms with van der Waals surface area (Å²) in [5.74, 6) is 1.27. The Morgan fingerprint density at radius 2 is 2.00 bits per heavy atom. The van der Waals surface area contributed by atoms with Crippen molar-refractivity contribution in [1.29, 1.82) is 0 Å². The number of aromatic nitrogens is 2. The smallest absolute Gasteiger partial charge is 0.282 e. The van der Waals surface area contributed by atoms with Gasteiger partial charge in [-0.25, -0.2) is 9.37 Å². The summed E-state index contributed by atoms with van der Waals surface area (Å²) < 4.78 is 21.8. The van der Waals surface area contributed by atoms with E-state index in [0.29, 0.717) is 39.1 Å². The quantitative estimate of drug-likeness (QED) is 0.289. The number of furan rings is 1. The minimum Gasteiger partial charge on any atom is -0.455 e. The molecule has 0 spiro atoms. The van der Waals surface area contributed by atoms with E-state index in [2.05, 4.69) is 41.9 Å². The molecular weight excluding hydrogens is 517 g/mol. The maximum Gasteiger partial charge on any atom is 0.282 e. The van der Waals surface area contributed by atoms with Crippen LogP contribution in [0.3, 0.4) is 0 Å². The fourth-order valence-electron chi connectivity index (χ4n) is 3.07. The van der Waals surface area contributed by atoms with Crippen molar-refractivity contribution < 1.29 is 8.81 Å². The normalized spacial score (nSPS) is 11.6. The summed E-state index contributed by atoms with van der Waals surface area (Å²) in [6.45, 7) is 2.02. The number of nitrogens with zero attached hydrogens (tertiary/aromatic N) is 3. The molecule has 0 aliphatic carbocycles. The van der Waals surface area contributed by atoms with Gasteiger partial charge >= 0.3 is 0 Å². The molecule has 4 aromatic rings. The topological polar surface area (TPSA) is 60.4 Å². The lowest BCUT2D eigenvalue weighted by Gasteiger charge is -2.08. The van der Waals surface area contributed by atoms with Crippen LogP contribution >= 0.6 is 31.9 Å². The fourth-order valence-corrected chi connectivity index (χ4v) is 3.98. The van der Waals surface area contributed by atoms with Crippen molar-refractivity contribution >= 4 is 49.0 Å². The van der Waals surface area contributed by atoms with Gasteiger partial charge in [0.25, 0.3) is 5.56 Å². The van der Waals surface area contributed by atoms with Crippen molar-refractivity contribution in [2.75, 3.05) is 0 Å². The van der Waals surface area contributed by atoms with Crippen molar-refractivity contribution in [1.82, 2.24) is 9.66 Å². The molecule has 4 rings (SSSR count). The summed E-state index contributed by atoms with van der Waals surface area (Å²) in [5.41, 5.74) is 1.12. The number of halogens is 3. The molecule has 0 aliphatic rings. The Labute approximate surface area is 188 Å². The van der Waals surface area contributed by atoms with Crippen molar-refractivity contribution in [3.05, 3.63) is 85.2 Å². The molecule has 0 unspecified atom stereocenters. The van der Waals surface area contributed by atoms with Gasteiger partial charge in [-0.3, -0.25) is 4.79 Å². The second-order valence-corrected chi connectivity index (χ2v) is 8.40.